The number of hydrogen-bond acceptors (Lipinski definition) is 3. The van der Waals surface area contributed by atoms with E-state index >= 15 is 0 Å². The van der Waals surface area contributed by atoms with Crippen LogP contribution in [-0.2, 0) is 4.79 Å². The first kappa shape index (κ1) is 14.1. The van der Waals surface area contributed by atoms with E-state index in [-0.39, 0.29) is 11.9 Å². The van der Waals surface area contributed by atoms with Crippen molar-refractivity contribution in [3.8, 4) is 0 Å². The van der Waals surface area contributed by atoms with Crippen molar-refractivity contribution >= 4 is 11.9 Å². The fourth-order valence-corrected chi connectivity index (χ4v) is 2.79. The Bertz CT molecular complexity index is 327. The zero-order chi connectivity index (χ0) is 13.7. The third-order valence-electron chi connectivity index (χ3n) is 3.91. The molecular weight excluding hydrogens is 244 g/mol. The lowest BCUT2D eigenvalue weighted by atomic mass is 10.0. The van der Waals surface area contributed by atoms with Crippen LogP contribution in [0.2, 0.25) is 0 Å². The third-order valence-corrected chi connectivity index (χ3v) is 3.91. The Kier molecular flexibility index (Phi) is 5.01. The van der Waals surface area contributed by atoms with Crippen LogP contribution in [0.4, 0.5) is 4.79 Å². The second-order valence-corrected chi connectivity index (χ2v) is 5.14. The summed E-state index contributed by atoms with van der Waals surface area (Å²) in [5.74, 6) is 0.227. The molecule has 0 aromatic heterocycles. The molecule has 19 heavy (non-hydrogen) atoms. The maximum atomic E-state index is 12.0. The third kappa shape index (κ3) is 3.59. The van der Waals surface area contributed by atoms with Gasteiger partial charge in [0.1, 0.15) is 0 Å². The summed E-state index contributed by atoms with van der Waals surface area (Å²) in [6, 6.07) is 0.359. The Balaban J connectivity index is 1.72. The fourth-order valence-electron chi connectivity index (χ4n) is 2.79. The van der Waals surface area contributed by atoms with E-state index in [1.807, 2.05) is 16.7 Å². The number of piperidine rings is 1. The van der Waals surface area contributed by atoms with Gasteiger partial charge < -0.3 is 20.4 Å². The average molecular weight is 268 g/mol. The summed E-state index contributed by atoms with van der Waals surface area (Å²) < 4.78 is 0. The van der Waals surface area contributed by atoms with Gasteiger partial charge in [-0.2, -0.15) is 0 Å². The van der Waals surface area contributed by atoms with E-state index in [1.54, 1.807) is 0 Å². The molecule has 6 nitrogen and oxygen atoms in total. The lowest BCUT2D eigenvalue weighted by molar-refractivity contribution is -0.132. The summed E-state index contributed by atoms with van der Waals surface area (Å²) in [6.45, 7) is 6.80. The number of carbonyl (C=O) groups is 2. The molecule has 2 rings (SSSR count). The molecule has 0 unspecified atom stereocenters. The second-order valence-electron chi connectivity index (χ2n) is 5.14. The monoisotopic (exact) mass is 268 g/mol. The highest BCUT2D eigenvalue weighted by Gasteiger charge is 2.31. The quantitative estimate of drug-likeness (QED) is 0.690. The first-order chi connectivity index (χ1) is 9.22. The number of nitrogens with one attached hydrogen (secondary N) is 2. The van der Waals surface area contributed by atoms with E-state index in [2.05, 4.69) is 10.6 Å². The van der Waals surface area contributed by atoms with Gasteiger partial charge in [-0.05, 0) is 19.4 Å². The Hall–Kier alpha value is -1.30. The first-order valence-corrected chi connectivity index (χ1v) is 7.25. The van der Waals surface area contributed by atoms with Crippen LogP contribution in [-0.4, -0.2) is 67.0 Å². The molecule has 0 radical (unpaired) electrons. The molecule has 2 saturated heterocycles. The second kappa shape index (κ2) is 6.75. The lowest BCUT2D eigenvalue weighted by Gasteiger charge is -2.36. The number of carbonyl (C=O) groups excluding carboxylic acids is 2. The van der Waals surface area contributed by atoms with Crippen molar-refractivity contribution in [3.63, 3.8) is 0 Å². The van der Waals surface area contributed by atoms with Crippen molar-refractivity contribution in [2.24, 2.45) is 0 Å². The molecule has 0 bridgehead atoms. The molecule has 2 aliphatic heterocycles. The van der Waals surface area contributed by atoms with Gasteiger partial charge in [-0.3, -0.25) is 4.79 Å². The van der Waals surface area contributed by atoms with Crippen molar-refractivity contribution in [2.45, 2.75) is 32.2 Å². The maximum Gasteiger partial charge on any atom is 0.317 e. The van der Waals surface area contributed by atoms with E-state index in [9.17, 15) is 9.59 Å². The van der Waals surface area contributed by atoms with Crippen LogP contribution in [0.3, 0.4) is 0 Å². The molecule has 0 aliphatic carbocycles. The van der Waals surface area contributed by atoms with Gasteiger partial charge in [0, 0.05) is 45.2 Å². The van der Waals surface area contributed by atoms with E-state index in [4.69, 9.17) is 0 Å². The lowest BCUT2D eigenvalue weighted by Crippen LogP contribution is -2.48. The SMILES string of the molecule is CCNCCC(=O)N1CCC(N2CCNC2=O)CC1. The van der Waals surface area contributed by atoms with Gasteiger partial charge in [0.25, 0.3) is 0 Å². The van der Waals surface area contributed by atoms with Crippen LogP contribution in [0.1, 0.15) is 26.2 Å². The first-order valence-electron chi connectivity index (χ1n) is 7.25. The number of rotatable bonds is 5. The van der Waals surface area contributed by atoms with Crippen molar-refractivity contribution in [1.82, 2.24) is 20.4 Å². The molecule has 2 fully saturated rings. The van der Waals surface area contributed by atoms with Crippen LogP contribution >= 0.6 is 0 Å². The summed E-state index contributed by atoms with van der Waals surface area (Å²) in [4.78, 5) is 27.4. The summed E-state index contributed by atoms with van der Waals surface area (Å²) in [7, 11) is 0. The van der Waals surface area contributed by atoms with Crippen LogP contribution in [0, 0.1) is 0 Å². The molecule has 3 amide bonds. The van der Waals surface area contributed by atoms with E-state index < -0.39 is 0 Å². The molecule has 0 saturated carbocycles. The largest absolute Gasteiger partial charge is 0.343 e. The van der Waals surface area contributed by atoms with E-state index in [1.165, 1.54) is 0 Å². The van der Waals surface area contributed by atoms with Gasteiger partial charge in [0.05, 0.1) is 0 Å². The normalized spacial score (nSPS) is 20.8. The van der Waals surface area contributed by atoms with Gasteiger partial charge in [0.2, 0.25) is 5.91 Å². The van der Waals surface area contributed by atoms with Gasteiger partial charge in [-0.15, -0.1) is 0 Å². The topological polar surface area (TPSA) is 64.7 Å². The highest BCUT2D eigenvalue weighted by molar-refractivity contribution is 5.77. The van der Waals surface area contributed by atoms with E-state index in [0.717, 1.165) is 52.1 Å². The minimum Gasteiger partial charge on any atom is -0.343 e. The molecular formula is C13H24N4O2. The fraction of sp³-hybridized carbons (Fsp3) is 0.846. The zero-order valence-corrected chi connectivity index (χ0v) is 11.7. The highest BCUT2D eigenvalue weighted by Crippen LogP contribution is 2.18. The predicted molar refractivity (Wildman–Crippen MR) is 72.9 cm³/mol. The van der Waals surface area contributed by atoms with Crippen LogP contribution < -0.4 is 10.6 Å². The molecule has 0 aromatic carbocycles. The molecule has 0 spiro atoms. The molecule has 2 aliphatic rings. The Morgan fingerprint density at radius 1 is 1.37 bits per heavy atom. The Morgan fingerprint density at radius 2 is 2.11 bits per heavy atom. The molecule has 0 aromatic rings. The molecule has 0 atom stereocenters. The van der Waals surface area contributed by atoms with Crippen molar-refractivity contribution in [3.05, 3.63) is 0 Å². The summed E-state index contributed by atoms with van der Waals surface area (Å²) in [6.07, 6.45) is 2.38. The smallest absolute Gasteiger partial charge is 0.317 e. The van der Waals surface area contributed by atoms with Crippen molar-refractivity contribution < 1.29 is 9.59 Å². The number of amides is 3. The summed E-state index contributed by atoms with van der Waals surface area (Å²) in [5, 5.41) is 6.00. The standard InChI is InChI=1S/C13H24N4O2/c1-2-14-6-3-12(18)16-8-4-11(5-9-16)17-10-7-15-13(17)19/h11,14H,2-10H2,1H3,(H,15,19). The van der Waals surface area contributed by atoms with Gasteiger partial charge >= 0.3 is 6.03 Å². The van der Waals surface area contributed by atoms with Gasteiger partial charge in [-0.1, -0.05) is 6.92 Å². The number of nitrogens with zero attached hydrogens (tertiary/aromatic N) is 2. The van der Waals surface area contributed by atoms with Crippen LogP contribution in [0.5, 0.6) is 0 Å². The summed E-state index contributed by atoms with van der Waals surface area (Å²) >= 11 is 0. The maximum absolute atomic E-state index is 12.0. The minimum atomic E-state index is 0.0527. The van der Waals surface area contributed by atoms with Crippen LogP contribution in [0.15, 0.2) is 0 Å². The van der Waals surface area contributed by atoms with Crippen LogP contribution in [0.25, 0.3) is 0 Å². The van der Waals surface area contributed by atoms with Crippen molar-refractivity contribution in [2.75, 3.05) is 39.3 Å². The predicted octanol–water partition coefficient (Wildman–Crippen LogP) is 0.00220. The number of hydrogen-bond donors (Lipinski definition) is 2. The Labute approximate surface area is 114 Å². The summed E-state index contributed by atoms with van der Waals surface area (Å²) in [5.41, 5.74) is 0. The van der Waals surface area contributed by atoms with Gasteiger partial charge in [-0.25, -0.2) is 4.79 Å². The van der Waals surface area contributed by atoms with Gasteiger partial charge in [0.15, 0.2) is 0 Å². The number of urea groups is 1. The molecule has 2 N–H and O–H groups in total. The minimum absolute atomic E-state index is 0.0527. The molecule has 108 valence electrons. The molecule has 2 heterocycles. The average Bonchev–Trinajstić information content (AvgIpc) is 2.85. The zero-order valence-electron chi connectivity index (χ0n) is 11.7. The highest BCUT2D eigenvalue weighted by atomic mass is 16.2. The van der Waals surface area contributed by atoms with E-state index in [0.29, 0.717) is 12.5 Å². The molecule has 6 heteroatoms. The van der Waals surface area contributed by atoms with Crippen molar-refractivity contribution in [1.29, 1.82) is 0 Å². The Morgan fingerprint density at radius 3 is 2.68 bits per heavy atom. The number of likely N-dealkylation sites (tertiary alicyclic amines) is 1.